The van der Waals surface area contributed by atoms with Crippen molar-refractivity contribution in [1.29, 1.82) is 5.41 Å². The van der Waals surface area contributed by atoms with Crippen LogP contribution in [0.1, 0.15) is 102 Å². The molecule has 1 N–H and O–H groups in total. The molecule has 68 heavy (non-hydrogen) atoms. The first-order valence-electron chi connectivity index (χ1n) is 24.4. The third kappa shape index (κ3) is 5.73. The second-order valence-electron chi connectivity index (χ2n) is 20.6. The zero-order chi connectivity index (χ0) is 45.9. The van der Waals surface area contributed by atoms with Gasteiger partial charge in [-0.15, -0.1) is 0 Å². The van der Waals surface area contributed by atoms with Crippen molar-refractivity contribution in [2.24, 2.45) is 0 Å². The second-order valence-corrected chi connectivity index (χ2v) is 20.6. The van der Waals surface area contributed by atoms with Crippen molar-refractivity contribution in [3.63, 3.8) is 0 Å². The van der Waals surface area contributed by atoms with Gasteiger partial charge in [0, 0.05) is 38.6 Å². The number of rotatable bonds is 9. The topological polar surface area (TPSA) is 37.0 Å². The molecule has 3 aliphatic carbocycles. The molecule has 2 heteroatoms. The van der Waals surface area contributed by atoms with E-state index in [1.54, 1.807) is 6.21 Å². The molecule has 0 spiro atoms. The summed E-state index contributed by atoms with van der Waals surface area (Å²) < 4.78 is 7.36. The summed E-state index contributed by atoms with van der Waals surface area (Å²) in [5.74, 6) is 0.0806. The van der Waals surface area contributed by atoms with E-state index in [-0.39, 0.29) is 16.7 Å². The number of para-hydroxylation sites is 2. The van der Waals surface area contributed by atoms with Gasteiger partial charge >= 0.3 is 0 Å². The molecule has 328 valence electrons. The number of nitrogens with one attached hydrogen (secondary N) is 1. The molecule has 0 saturated carbocycles. The van der Waals surface area contributed by atoms with Crippen LogP contribution in [0.25, 0.3) is 66.4 Å². The van der Waals surface area contributed by atoms with E-state index in [9.17, 15) is 0 Å². The Bertz CT molecular complexity index is 3700. The third-order valence-electron chi connectivity index (χ3n) is 16.5. The van der Waals surface area contributed by atoms with Crippen LogP contribution in [0.3, 0.4) is 0 Å². The van der Waals surface area contributed by atoms with Crippen LogP contribution in [0.5, 0.6) is 0 Å². The lowest BCUT2D eigenvalue weighted by atomic mass is 9.70. The van der Waals surface area contributed by atoms with Gasteiger partial charge in [-0.3, -0.25) is 0 Å². The minimum atomic E-state index is -0.475. The second kappa shape index (κ2) is 15.0. The number of benzene rings is 9. The Balaban J connectivity index is 0.954. The molecule has 13 rings (SSSR count). The smallest absolute Gasteiger partial charge is 0.143 e. The minimum absolute atomic E-state index is 0.0502. The first-order chi connectivity index (χ1) is 33.2. The number of hydrogen-bond acceptors (Lipinski definition) is 2. The van der Waals surface area contributed by atoms with Crippen LogP contribution in [-0.4, -0.2) is 6.21 Å². The third-order valence-corrected chi connectivity index (χ3v) is 16.5. The standard InChI is InChI=1S/C66H53NO/c1-64(2)56-25-11-8-18-47(56)50-33-29-41(38-59(50)64)28-32-45(42-30-34-51-48-19-9-12-26-57(48)65(3,4)60(51)39-42)53-22-15-24-55-54-23-14-21-46(62(54)68-63(53)55)43-31-35-52-49-20-10-13-27-58(49)66(36-37-67,61(52)40-43)44-16-6-5-7-17-44/h5-27,29-31,33-35,37-40,45,67H,28,32,36H2,1-4H3. The number of furan rings is 1. The molecule has 2 nitrogen and oxygen atoms in total. The van der Waals surface area contributed by atoms with Gasteiger partial charge in [-0.25, -0.2) is 0 Å². The summed E-state index contributed by atoms with van der Waals surface area (Å²) in [6.07, 6.45) is 4.03. The molecular weight excluding hydrogens is 823 g/mol. The van der Waals surface area contributed by atoms with Crippen molar-refractivity contribution in [2.75, 3.05) is 0 Å². The molecule has 0 fully saturated rings. The van der Waals surface area contributed by atoms with Crippen molar-refractivity contribution >= 4 is 28.2 Å². The molecule has 0 bridgehead atoms. The maximum Gasteiger partial charge on any atom is 0.143 e. The molecular formula is C66H53NO. The first kappa shape index (κ1) is 40.7. The van der Waals surface area contributed by atoms with Crippen LogP contribution in [0.15, 0.2) is 199 Å². The molecule has 10 aromatic rings. The van der Waals surface area contributed by atoms with Gasteiger partial charge in [0.15, 0.2) is 0 Å². The highest BCUT2D eigenvalue weighted by Crippen LogP contribution is 2.56. The van der Waals surface area contributed by atoms with Gasteiger partial charge in [-0.05, 0) is 121 Å². The van der Waals surface area contributed by atoms with Crippen molar-refractivity contribution in [3.05, 3.63) is 250 Å². The molecule has 2 unspecified atom stereocenters. The van der Waals surface area contributed by atoms with Crippen LogP contribution in [0.4, 0.5) is 0 Å². The summed E-state index contributed by atoms with van der Waals surface area (Å²) >= 11 is 0. The van der Waals surface area contributed by atoms with Gasteiger partial charge in [-0.1, -0.05) is 216 Å². The molecule has 0 saturated heterocycles. The molecule has 0 radical (unpaired) electrons. The Morgan fingerprint density at radius 2 is 1.00 bits per heavy atom. The van der Waals surface area contributed by atoms with E-state index in [1.165, 1.54) is 89.0 Å². The van der Waals surface area contributed by atoms with Gasteiger partial charge in [0.2, 0.25) is 0 Å². The Morgan fingerprint density at radius 3 is 1.71 bits per heavy atom. The van der Waals surface area contributed by atoms with Gasteiger partial charge in [-0.2, -0.15) is 0 Å². The zero-order valence-corrected chi connectivity index (χ0v) is 39.2. The molecule has 2 atom stereocenters. The van der Waals surface area contributed by atoms with Crippen LogP contribution >= 0.6 is 0 Å². The normalized spacial score (nSPS) is 17.0. The van der Waals surface area contributed by atoms with Gasteiger partial charge in [0.25, 0.3) is 0 Å². The highest BCUT2D eigenvalue weighted by atomic mass is 16.3. The average Bonchev–Trinajstić information content (AvgIpc) is 4.04. The molecule has 3 aliphatic rings. The number of fused-ring (bicyclic) bond motifs is 12. The lowest BCUT2D eigenvalue weighted by molar-refractivity contribution is 0.639. The number of hydrogen-bond donors (Lipinski definition) is 1. The molecule has 1 aromatic heterocycles. The van der Waals surface area contributed by atoms with Crippen LogP contribution in [0, 0.1) is 5.41 Å². The quantitative estimate of drug-likeness (QED) is 0.144. The van der Waals surface area contributed by atoms with E-state index in [0.717, 1.165) is 45.9 Å². The summed E-state index contributed by atoms with van der Waals surface area (Å²) in [6.45, 7) is 9.52. The molecule has 9 aromatic carbocycles. The van der Waals surface area contributed by atoms with E-state index in [2.05, 4.69) is 222 Å². The van der Waals surface area contributed by atoms with Crippen molar-refractivity contribution in [3.8, 4) is 44.5 Å². The minimum Gasteiger partial charge on any atom is -0.455 e. The van der Waals surface area contributed by atoms with Crippen LogP contribution < -0.4 is 0 Å². The lowest BCUT2D eigenvalue weighted by Gasteiger charge is -2.32. The Morgan fingerprint density at radius 1 is 0.456 bits per heavy atom. The van der Waals surface area contributed by atoms with Gasteiger partial charge in [0.05, 0.1) is 5.41 Å². The molecule has 0 amide bonds. The summed E-state index contributed by atoms with van der Waals surface area (Å²) in [5.41, 5.74) is 24.6. The fourth-order valence-corrected chi connectivity index (χ4v) is 13.1. The zero-order valence-electron chi connectivity index (χ0n) is 39.2. The molecule has 1 heterocycles. The van der Waals surface area contributed by atoms with E-state index in [4.69, 9.17) is 9.83 Å². The molecule has 0 aliphatic heterocycles. The van der Waals surface area contributed by atoms with E-state index >= 15 is 0 Å². The SMILES string of the molecule is CC1(C)c2ccccc2-c2ccc(CCC(c3ccc4c(c3)C(C)(C)c3ccccc3-4)c3cccc4c3oc3c(-c5ccc6c(c5)C(CC=N)(c5ccccc5)c5ccccc5-6)cccc34)cc21. The first-order valence-corrected chi connectivity index (χ1v) is 24.4. The summed E-state index contributed by atoms with van der Waals surface area (Å²) in [5, 5.41) is 10.8. The van der Waals surface area contributed by atoms with E-state index in [0.29, 0.717) is 6.42 Å². The van der Waals surface area contributed by atoms with Crippen molar-refractivity contribution in [2.45, 2.75) is 69.1 Å². The van der Waals surface area contributed by atoms with Gasteiger partial charge < -0.3 is 9.83 Å². The highest BCUT2D eigenvalue weighted by Gasteiger charge is 2.44. The number of aryl methyl sites for hydroxylation is 1. The largest absolute Gasteiger partial charge is 0.455 e. The Labute approximate surface area is 399 Å². The van der Waals surface area contributed by atoms with Crippen LogP contribution in [0.2, 0.25) is 0 Å². The Hall–Kier alpha value is -7.55. The van der Waals surface area contributed by atoms with Crippen molar-refractivity contribution < 1.29 is 4.42 Å². The predicted octanol–water partition coefficient (Wildman–Crippen LogP) is 17.0. The predicted molar refractivity (Wildman–Crippen MR) is 282 cm³/mol. The van der Waals surface area contributed by atoms with Gasteiger partial charge in [0.1, 0.15) is 11.2 Å². The van der Waals surface area contributed by atoms with E-state index in [1.807, 2.05) is 0 Å². The average molecular weight is 876 g/mol. The fourth-order valence-electron chi connectivity index (χ4n) is 13.1. The van der Waals surface area contributed by atoms with E-state index < -0.39 is 5.41 Å². The summed E-state index contributed by atoms with van der Waals surface area (Å²) in [6, 6.07) is 72.4. The highest BCUT2D eigenvalue weighted by molar-refractivity contribution is 6.10. The maximum atomic E-state index is 8.52. The summed E-state index contributed by atoms with van der Waals surface area (Å²) in [4.78, 5) is 0. The monoisotopic (exact) mass is 875 g/mol. The Kier molecular flexibility index (Phi) is 8.97. The maximum absolute atomic E-state index is 8.52. The van der Waals surface area contributed by atoms with Crippen molar-refractivity contribution in [1.82, 2.24) is 0 Å². The van der Waals surface area contributed by atoms with Crippen LogP contribution in [-0.2, 0) is 22.7 Å². The summed E-state index contributed by atoms with van der Waals surface area (Å²) in [7, 11) is 0. The lowest BCUT2D eigenvalue weighted by Crippen LogP contribution is -2.27. The fraction of sp³-hybridized carbons (Fsp3) is 0.167.